The molecule has 113 valence electrons. The first-order valence-electron chi connectivity index (χ1n) is 7.82. The Balaban J connectivity index is 5.10. The van der Waals surface area contributed by atoms with E-state index in [0.29, 0.717) is 12.1 Å². The lowest BCUT2D eigenvalue weighted by atomic mass is 10.2. The molecular formula is C14H35N2Si3. The molecule has 0 rings (SSSR count). The molecule has 19 heavy (non-hydrogen) atoms. The molecule has 0 heterocycles. The molecule has 0 spiro atoms. The van der Waals surface area contributed by atoms with Crippen molar-refractivity contribution in [2.45, 2.75) is 91.6 Å². The van der Waals surface area contributed by atoms with Crippen LogP contribution >= 0.6 is 0 Å². The van der Waals surface area contributed by atoms with E-state index in [-0.39, 0.29) is 0 Å². The van der Waals surface area contributed by atoms with Crippen molar-refractivity contribution in [3.05, 3.63) is 0 Å². The van der Waals surface area contributed by atoms with Gasteiger partial charge in [0, 0.05) is 12.1 Å². The molecule has 0 aromatic heterocycles. The zero-order valence-electron chi connectivity index (χ0n) is 14.6. The summed E-state index contributed by atoms with van der Waals surface area (Å²) >= 11 is 0. The highest BCUT2D eigenvalue weighted by atomic mass is 29.2. The molecule has 0 aliphatic heterocycles. The quantitative estimate of drug-likeness (QED) is 0.651. The Labute approximate surface area is 127 Å². The van der Waals surface area contributed by atoms with Gasteiger partial charge in [-0.05, 0) is 12.8 Å². The first-order chi connectivity index (χ1) is 8.62. The van der Waals surface area contributed by atoms with Gasteiger partial charge in [-0.2, -0.15) is 0 Å². The number of nitrogens with one attached hydrogen (secondary N) is 1. The van der Waals surface area contributed by atoms with Crippen LogP contribution < -0.4 is 4.65 Å². The molecule has 0 aromatic rings. The third-order valence-corrected chi connectivity index (χ3v) is 14.0. The summed E-state index contributed by atoms with van der Waals surface area (Å²) in [4.78, 5) is 0. The van der Waals surface area contributed by atoms with Crippen LogP contribution in [-0.4, -0.2) is 42.6 Å². The SMILES string of the molecule is CCC(C)N(C(C)CC)[Si](N[Si](C)(C)C)[Si]C(C)C. The molecule has 0 bridgehead atoms. The molecule has 0 amide bonds. The second-order valence-corrected chi connectivity index (χ2v) is 17.4. The van der Waals surface area contributed by atoms with Crippen LogP contribution in [0.25, 0.3) is 0 Å². The Morgan fingerprint density at radius 3 is 1.68 bits per heavy atom. The molecule has 2 unspecified atom stereocenters. The minimum absolute atomic E-state index is 0.590. The molecular weight excluding hydrogens is 280 g/mol. The first-order valence-corrected chi connectivity index (χ1v) is 14.8. The Morgan fingerprint density at radius 2 is 1.42 bits per heavy atom. The van der Waals surface area contributed by atoms with E-state index >= 15 is 0 Å². The molecule has 1 N–H and O–H groups in total. The molecule has 0 aliphatic rings. The maximum atomic E-state index is 4.10. The molecule has 0 aromatic carbocycles. The summed E-state index contributed by atoms with van der Waals surface area (Å²) in [5.41, 5.74) is 0.813. The van der Waals surface area contributed by atoms with Crippen LogP contribution in [0.4, 0.5) is 0 Å². The van der Waals surface area contributed by atoms with Crippen LogP contribution in [0.3, 0.4) is 0 Å². The largest absolute Gasteiger partial charge is 0.350 e. The van der Waals surface area contributed by atoms with Gasteiger partial charge >= 0.3 is 0 Å². The van der Waals surface area contributed by atoms with Gasteiger partial charge in [0.15, 0.2) is 8.64 Å². The van der Waals surface area contributed by atoms with Gasteiger partial charge < -0.3 is 9.21 Å². The van der Waals surface area contributed by atoms with E-state index in [0.717, 1.165) is 14.6 Å². The number of nitrogens with zero attached hydrogens (tertiary/aromatic N) is 1. The second-order valence-electron chi connectivity index (χ2n) is 6.94. The predicted molar refractivity (Wildman–Crippen MR) is 94.4 cm³/mol. The Kier molecular flexibility index (Phi) is 9.03. The van der Waals surface area contributed by atoms with E-state index in [1.807, 2.05) is 0 Å². The van der Waals surface area contributed by atoms with E-state index < -0.39 is 16.9 Å². The third-order valence-electron chi connectivity index (χ3n) is 3.31. The average molecular weight is 316 g/mol. The van der Waals surface area contributed by atoms with Crippen molar-refractivity contribution < 1.29 is 0 Å². The van der Waals surface area contributed by atoms with E-state index in [2.05, 4.69) is 70.4 Å². The van der Waals surface area contributed by atoms with Crippen LogP contribution in [0.1, 0.15) is 54.4 Å². The molecule has 3 radical (unpaired) electrons. The minimum Gasteiger partial charge on any atom is -0.350 e. The standard InChI is InChI=1S/C14H35N2Si3/c1-10-13(5)16(14(6)11-2)18(17-12(3)4)15-19(7,8)9/h12-15H,10-11H2,1-9H3. The van der Waals surface area contributed by atoms with E-state index in [1.165, 1.54) is 12.8 Å². The third kappa shape index (κ3) is 7.80. The van der Waals surface area contributed by atoms with Gasteiger partial charge in [0.1, 0.15) is 8.24 Å². The van der Waals surface area contributed by atoms with Gasteiger partial charge in [-0.1, -0.05) is 66.7 Å². The monoisotopic (exact) mass is 315 g/mol. The highest BCUT2D eigenvalue weighted by Gasteiger charge is 2.32. The fraction of sp³-hybridized carbons (Fsp3) is 1.00. The van der Waals surface area contributed by atoms with Crippen molar-refractivity contribution >= 4 is 25.9 Å². The summed E-state index contributed by atoms with van der Waals surface area (Å²) < 4.78 is 6.95. The fourth-order valence-electron chi connectivity index (χ4n) is 2.07. The lowest BCUT2D eigenvalue weighted by Crippen LogP contribution is -2.66. The minimum atomic E-state index is -1.21. The lowest BCUT2D eigenvalue weighted by molar-refractivity contribution is 0.263. The molecule has 5 heteroatoms. The van der Waals surface area contributed by atoms with E-state index in [9.17, 15) is 0 Å². The summed E-state index contributed by atoms with van der Waals surface area (Å²) in [5, 5.41) is 0. The summed E-state index contributed by atoms with van der Waals surface area (Å²) in [6, 6.07) is 1.41. The van der Waals surface area contributed by atoms with Gasteiger partial charge in [-0.25, -0.2) is 0 Å². The molecule has 0 saturated carbocycles. The van der Waals surface area contributed by atoms with Crippen molar-refractivity contribution in [3.63, 3.8) is 0 Å². The van der Waals surface area contributed by atoms with Gasteiger partial charge in [0.05, 0.1) is 9.04 Å². The molecule has 2 nitrogen and oxygen atoms in total. The van der Waals surface area contributed by atoms with Crippen molar-refractivity contribution in [1.29, 1.82) is 0 Å². The molecule has 0 saturated heterocycles. The summed E-state index contributed by atoms with van der Waals surface area (Å²) in [6.45, 7) is 21.5. The molecule has 2 atom stereocenters. The number of hydrogen-bond donors (Lipinski definition) is 1. The van der Waals surface area contributed by atoms with Crippen LogP contribution in [0, 0.1) is 0 Å². The van der Waals surface area contributed by atoms with Gasteiger partial charge in [-0.3, -0.25) is 0 Å². The maximum Gasteiger partial charge on any atom is 0.196 e. The first kappa shape index (κ1) is 19.6. The number of hydrogen-bond acceptors (Lipinski definition) is 2. The Bertz CT molecular complexity index is 231. The predicted octanol–water partition coefficient (Wildman–Crippen LogP) is 3.83. The van der Waals surface area contributed by atoms with Crippen LogP contribution in [0.15, 0.2) is 0 Å². The lowest BCUT2D eigenvalue weighted by Gasteiger charge is -2.42. The summed E-state index contributed by atoms with van der Waals surface area (Å²) in [5.74, 6) is 0. The van der Waals surface area contributed by atoms with Crippen LogP contribution in [0.2, 0.25) is 25.2 Å². The van der Waals surface area contributed by atoms with Crippen LogP contribution in [0.5, 0.6) is 0 Å². The van der Waals surface area contributed by atoms with Crippen molar-refractivity contribution in [3.8, 4) is 0 Å². The zero-order chi connectivity index (χ0) is 15.2. The second kappa shape index (κ2) is 8.77. The Morgan fingerprint density at radius 1 is 1.00 bits per heavy atom. The van der Waals surface area contributed by atoms with Crippen molar-refractivity contribution in [2.24, 2.45) is 0 Å². The summed E-state index contributed by atoms with van der Waals surface area (Å²) in [6.07, 6.45) is 2.52. The van der Waals surface area contributed by atoms with Gasteiger partial charge in [-0.15, -0.1) is 0 Å². The highest BCUT2D eigenvalue weighted by molar-refractivity contribution is 7.14. The number of rotatable bonds is 9. The van der Waals surface area contributed by atoms with Gasteiger partial charge in [0.2, 0.25) is 0 Å². The van der Waals surface area contributed by atoms with Crippen molar-refractivity contribution in [2.75, 3.05) is 0 Å². The molecule has 0 aliphatic carbocycles. The topological polar surface area (TPSA) is 15.3 Å². The summed E-state index contributed by atoms with van der Waals surface area (Å²) in [7, 11) is -0.719. The zero-order valence-corrected chi connectivity index (χ0v) is 17.6. The Hall–Kier alpha value is 0.571. The average Bonchev–Trinajstić information content (AvgIpc) is 2.25. The fourth-order valence-corrected chi connectivity index (χ4v) is 15.1. The van der Waals surface area contributed by atoms with E-state index in [1.54, 1.807) is 0 Å². The molecule has 0 fully saturated rings. The van der Waals surface area contributed by atoms with Gasteiger partial charge in [0.25, 0.3) is 0 Å². The van der Waals surface area contributed by atoms with Crippen molar-refractivity contribution in [1.82, 2.24) is 9.21 Å². The normalized spacial score (nSPS) is 16.4. The van der Waals surface area contributed by atoms with Crippen LogP contribution in [-0.2, 0) is 0 Å². The maximum absolute atomic E-state index is 4.10. The smallest absolute Gasteiger partial charge is 0.196 e. The highest BCUT2D eigenvalue weighted by Crippen LogP contribution is 2.16. The van der Waals surface area contributed by atoms with E-state index in [4.69, 9.17) is 0 Å².